The van der Waals surface area contributed by atoms with Gasteiger partial charge in [0.2, 0.25) is 0 Å². The van der Waals surface area contributed by atoms with E-state index in [-0.39, 0.29) is 5.78 Å². The van der Waals surface area contributed by atoms with E-state index in [0.29, 0.717) is 22.6 Å². The molecule has 0 unspecified atom stereocenters. The lowest BCUT2D eigenvalue weighted by atomic mass is 9.83. The van der Waals surface area contributed by atoms with Crippen LogP contribution in [-0.4, -0.2) is 30.2 Å². The molecule has 0 amide bonds. The van der Waals surface area contributed by atoms with Gasteiger partial charge in [0.25, 0.3) is 0 Å². The summed E-state index contributed by atoms with van der Waals surface area (Å²) in [5, 5.41) is 21.1. The number of rotatable bonds is 8. The van der Waals surface area contributed by atoms with Gasteiger partial charge in [0.05, 0.1) is 26.4 Å². The van der Waals surface area contributed by atoms with E-state index in [1.54, 1.807) is 76.6 Å². The fraction of sp³-hybridized carbons (Fsp3) is 0.381. The highest BCUT2D eigenvalue weighted by atomic mass is 16.5. The first-order valence-electron chi connectivity index (χ1n) is 8.56. The van der Waals surface area contributed by atoms with Crippen LogP contribution in [0.3, 0.4) is 0 Å². The Labute approximate surface area is 154 Å². The summed E-state index contributed by atoms with van der Waals surface area (Å²) < 4.78 is 10.2. The molecule has 2 aromatic carbocycles. The van der Waals surface area contributed by atoms with Crippen LogP contribution in [0.15, 0.2) is 48.5 Å². The number of aliphatic hydroxyl groups excluding tert-OH is 2. The van der Waals surface area contributed by atoms with Crippen LogP contribution in [0.2, 0.25) is 0 Å². The first kappa shape index (κ1) is 19.9. The summed E-state index contributed by atoms with van der Waals surface area (Å²) in [4.78, 5) is 12.7. The van der Waals surface area contributed by atoms with Crippen LogP contribution in [-0.2, 0) is 4.79 Å². The molecule has 0 saturated carbocycles. The Morgan fingerprint density at radius 2 is 1.04 bits per heavy atom. The van der Waals surface area contributed by atoms with Crippen molar-refractivity contribution in [1.82, 2.24) is 0 Å². The molecule has 4 atom stereocenters. The average Bonchev–Trinajstić information content (AvgIpc) is 2.71. The number of hydrogen-bond acceptors (Lipinski definition) is 5. The molecule has 0 saturated heterocycles. The molecular formula is C21H26O5. The highest BCUT2D eigenvalue weighted by Gasteiger charge is 2.31. The molecule has 0 heterocycles. The van der Waals surface area contributed by atoms with E-state index in [1.807, 2.05) is 0 Å². The van der Waals surface area contributed by atoms with Crippen molar-refractivity contribution in [3.8, 4) is 11.5 Å². The normalized spacial score (nSPS) is 15.6. The smallest absolute Gasteiger partial charge is 0.144 e. The Kier molecular flexibility index (Phi) is 6.77. The van der Waals surface area contributed by atoms with Gasteiger partial charge in [0.1, 0.15) is 17.3 Å². The molecule has 0 aliphatic heterocycles. The molecule has 140 valence electrons. The Morgan fingerprint density at radius 3 is 1.31 bits per heavy atom. The van der Waals surface area contributed by atoms with Crippen LogP contribution in [0.1, 0.15) is 37.2 Å². The van der Waals surface area contributed by atoms with Crippen molar-refractivity contribution >= 4 is 5.78 Å². The minimum absolute atomic E-state index is 0.198. The molecule has 2 aromatic rings. The lowest BCUT2D eigenvalue weighted by molar-refractivity contribution is -0.132. The number of hydrogen-bond donors (Lipinski definition) is 2. The first-order chi connectivity index (χ1) is 12.4. The molecule has 2 rings (SSSR count). The van der Waals surface area contributed by atoms with Crippen molar-refractivity contribution in [2.45, 2.75) is 26.1 Å². The number of ether oxygens (including phenoxy) is 2. The van der Waals surface area contributed by atoms with Gasteiger partial charge in [-0.05, 0) is 35.4 Å². The van der Waals surface area contributed by atoms with E-state index in [0.717, 1.165) is 0 Å². The van der Waals surface area contributed by atoms with Crippen LogP contribution in [0, 0.1) is 11.8 Å². The van der Waals surface area contributed by atoms with E-state index in [9.17, 15) is 15.0 Å². The second-order valence-electron chi connectivity index (χ2n) is 6.42. The fourth-order valence-electron chi connectivity index (χ4n) is 2.91. The summed E-state index contributed by atoms with van der Waals surface area (Å²) in [6, 6.07) is 13.9. The molecule has 5 heteroatoms. The number of methoxy groups -OCH3 is 2. The third-order valence-electron chi connectivity index (χ3n) is 4.76. The second kappa shape index (κ2) is 8.83. The molecule has 0 aromatic heterocycles. The van der Waals surface area contributed by atoms with Crippen molar-refractivity contribution in [3.05, 3.63) is 59.7 Å². The quantitative estimate of drug-likeness (QED) is 0.757. The van der Waals surface area contributed by atoms with Crippen LogP contribution in [0.4, 0.5) is 0 Å². The molecule has 0 spiro atoms. The van der Waals surface area contributed by atoms with Crippen LogP contribution in [0.5, 0.6) is 11.5 Å². The van der Waals surface area contributed by atoms with Crippen LogP contribution in [0.25, 0.3) is 0 Å². The predicted octanol–water partition coefficient (Wildman–Crippen LogP) is 3.31. The molecular weight excluding hydrogens is 332 g/mol. The molecule has 0 aliphatic rings. The van der Waals surface area contributed by atoms with E-state index >= 15 is 0 Å². The first-order valence-corrected chi connectivity index (χ1v) is 8.56. The Balaban J connectivity index is 2.09. The molecule has 26 heavy (non-hydrogen) atoms. The largest absolute Gasteiger partial charge is 0.497 e. The third-order valence-corrected chi connectivity index (χ3v) is 4.76. The number of Topliss-reactive ketones (excluding diaryl/α,β-unsaturated/α-hetero) is 1. The van der Waals surface area contributed by atoms with Gasteiger partial charge in [-0.15, -0.1) is 0 Å². The Bertz CT molecular complexity index is 647. The fourth-order valence-corrected chi connectivity index (χ4v) is 2.91. The molecule has 2 N–H and O–H groups in total. The molecule has 0 fully saturated rings. The minimum atomic E-state index is -0.945. The van der Waals surface area contributed by atoms with E-state index in [2.05, 4.69) is 0 Å². The van der Waals surface area contributed by atoms with Gasteiger partial charge in [-0.1, -0.05) is 38.1 Å². The molecule has 0 aliphatic carbocycles. The standard InChI is InChI=1S/C21H26O5/c1-13(20(23)15-5-9-17(25-3)10-6-15)19(22)14(2)21(24)16-7-11-18(26-4)12-8-16/h5-14,20-21,23-24H,1-4H3/t13-,14-,20+,21+/m0/s1. The van der Waals surface area contributed by atoms with Gasteiger partial charge in [-0.3, -0.25) is 4.79 Å². The molecule has 0 radical (unpaired) electrons. The zero-order valence-corrected chi connectivity index (χ0v) is 15.5. The van der Waals surface area contributed by atoms with Crippen molar-refractivity contribution in [2.75, 3.05) is 14.2 Å². The Hall–Kier alpha value is -2.37. The average molecular weight is 358 g/mol. The number of carbonyl (C=O) groups excluding carboxylic acids is 1. The summed E-state index contributed by atoms with van der Waals surface area (Å²) in [7, 11) is 3.14. The van der Waals surface area contributed by atoms with Crippen molar-refractivity contribution in [1.29, 1.82) is 0 Å². The van der Waals surface area contributed by atoms with Crippen LogP contribution < -0.4 is 9.47 Å². The van der Waals surface area contributed by atoms with E-state index in [1.165, 1.54) is 0 Å². The van der Waals surface area contributed by atoms with Gasteiger partial charge < -0.3 is 19.7 Å². The van der Waals surface area contributed by atoms with E-state index < -0.39 is 24.0 Å². The summed E-state index contributed by atoms with van der Waals surface area (Å²) in [5.74, 6) is -0.124. The lowest BCUT2D eigenvalue weighted by Gasteiger charge is -2.25. The monoisotopic (exact) mass is 358 g/mol. The zero-order valence-electron chi connectivity index (χ0n) is 15.5. The van der Waals surface area contributed by atoms with Crippen molar-refractivity contribution in [3.63, 3.8) is 0 Å². The zero-order chi connectivity index (χ0) is 19.3. The predicted molar refractivity (Wildman–Crippen MR) is 99.2 cm³/mol. The van der Waals surface area contributed by atoms with E-state index in [4.69, 9.17) is 9.47 Å². The number of ketones is 1. The van der Waals surface area contributed by atoms with Gasteiger partial charge in [-0.2, -0.15) is 0 Å². The highest BCUT2D eigenvalue weighted by molar-refractivity contribution is 5.84. The Morgan fingerprint density at radius 1 is 0.731 bits per heavy atom. The maximum Gasteiger partial charge on any atom is 0.144 e. The maximum absolute atomic E-state index is 12.7. The number of aliphatic hydroxyl groups is 2. The summed E-state index contributed by atoms with van der Waals surface area (Å²) in [5.41, 5.74) is 1.27. The van der Waals surface area contributed by atoms with Gasteiger partial charge >= 0.3 is 0 Å². The summed E-state index contributed by atoms with van der Waals surface area (Å²) in [6.45, 7) is 3.35. The minimum Gasteiger partial charge on any atom is -0.497 e. The van der Waals surface area contributed by atoms with Gasteiger partial charge in [-0.25, -0.2) is 0 Å². The summed E-state index contributed by atoms with van der Waals surface area (Å²) >= 11 is 0. The molecule has 5 nitrogen and oxygen atoms in total. The maximum atomic E-state index is 12.7. The number of benzene rings is 2. The number of carbonyl (C=O) groups is 1. The van der Waals surface area contributed by atoms with Crippen molar-refractivity contribution < 1.29 is 24.5 Å². The van der Waals surface area contributed by atoms with Crippen molar-refractivity contribution in [2.24, 2.45) is 11.8 Å². The lowest BCUT2D eigenvalue weighted by Crippen LogP contribution is -2.28. The molecule has 0 bridgehead atoms. The third kappa shape index (κ3) is 4.42. The highest BCUT2D eigenvalue weighted by Crippen LogP contribution is 2.31. The van der Waals surface area contributed by atoms with Gasteiger partial charge in [0.15, 0.2) is 0 Å². The second-order valence-corrected chi connectivity index (χ2v) is 6.42. The van der Waals surface area contributed by atoms with Gasteiger partial charge in [0, 0.05) is 11.8 Å². The SMILES string of the molecule is COc1ccc([C@H](O)[C@@H](C)C(=O)[C@H](C)[C@@H](O)c2ccc(OC)cc2)cc1. The topological polar surface area (TPSA) is 76.0 Å². The van der Waals surface area contributed by atoms with Crippen LogP contribution >= 0.6 is 0 Å². The summed E-state index contributed by atoms with van der Waals surface area (Å²) in [6.07, 6.45) is -1.89.